The molecule has 0 N–H and O–H groups in total. The molecular formula is C65H116O6. The Morgan fingerprint density at radius 3 is 0.817 bits per heavy atom. The lowest BCUT2D eigenvalue weighted by atomic mass is 10.0. The van der Waals surface area contributed by atoms with Crippen molar-refractivity contribution in [2.45, 2.75) is 322 Å². The first-order valence-corrected chi connectivity index (χ1v) is 30.8. The monoisotopic (exact) mass is 993 g/mol. The van der Waals surface area contributed by atoms with Crippen molar-refractivity contribution in [1.29, 1.82) is 0 Å². The SMILES string of the molecule is CCCCC/C=C\C/C=C\CCCCCCCCCC(=O)OC(COC(=O)CCCCCCC)COC(=O)CCCCCCCCCCCCCCCCCC/C=C\C/C=C\C/C=C\CCCCCCC. The zero-order valence-corrected chi connectivity index (χ0v) is 47.2. The van der Waals surface area contributed by atoms with Crippen molar-refractivity contribution >= 4 is 17.9 Å². The molecule has 0 heterocycles. The van der Waals surface area contributed by atoms with E-state index in [1.54, 1.807) is 0 Å². The van der Waals surface area contributed by atoms with Gasteiger partial charge in [0.15, 0.2) is 6.10 Å². The van der Waals surface area contributed by atoms with E-state index in [4.69, 9.17) is 14.2 Å². The summed E-state index contributed by atoms with van der Waals surface area (Å²) in [5.41, 5.74) is 0. The van der Waals surface area contributed by atoms with E-state index >= 15 is 0 Å². The zero-order valence-electron chi connectivity index (χ0n) is 47.2. The molecule has 6 heteroatoms. The summed E-state index contributed by atoms with van der Waals surface area (Å²) in [6, 6.07) is 0. The van der Waals surface area contributed by atoms with E-state index < -0.39 is 6.10 Å². The number of allylic oxidation sites excluding steroid dienone is 10. The predicted molar refractivity (Wildman–Crippen MR) is 307 cm³/mol. The summed E-state index contributed by atoms with van der Waals surface area (Å²) in [6.07, 6.45) is 75.6. The Morgan fingerprint density at radius 1 is 0.282 bits per heavy atom. The standard InChI is InChI=1S/C65H116O6/c1-4-7-10-13-15-17-19-21-23-25-26-27-28-29-30-31-32-33-34-35-36-37-38-40-41-43-45-47-49-52-55-58-64(67)70-61-62(60-69-63(66)57-54-51-12-9-6-3)71-65(68)59-56-53-50-48-46-44-42-39-24-22-20-18-16-14-11-8-5-2/h16,18-19,21-22,24-26,28-29,62H,4-15,17,20,23,27,30-61H2,1-3H3/b18-16-,21-19-,24-22-,26-25-,29-28-. The molecule has 0 bridgehead atoms. The van der Waals surface area contributed by atoms with E-state index in [0.717, 1.165) is 89.9 Å². The molecule has 1 unspecified atom stereocenters. The molecule has 0 aromatic heterocycles. The van der Waals surface area contributed by atoms with E-state index in [1.165, 1.54) is 186 Å². The number of esters is 3. The Morgan fingerprint density at radius 2 is 0.507 bits per heavy atom. The van der Waals surface area contributed by atoms with Crippen LogP contribution in [0.4, 0.5) is 0 Å². The van der Waals surface area contributed by atoms with Crippen LogP contribution in [0.25, 0.3) is 0 Å². The van der Waals surface area contributed by atoms with Gasteiger partial charge in [-0.25, -0.2) is 0 Å². The van der Waals surface area contributed by atoms with Crippen LogP contribution in [0.1, 0.15) is 316 Å². The third kappa shape index (κ3) is 57.9. The maximum absolute atomic E-state index is 12.8. The van der Waals surface area contributed by atoms with Gasteiger partial charge in [-0.15, -0.1) is 0 Å². The quantitative estimate of drug-likeness (QED) is 0.0261. The fraction of sp³-hybridized carbons (Fsp3) is 0.800. The summed E-state index contributed by atoms with van der Waals surface area (Å²) < 4.78 is 16.7. The zero-order chi connectivity index (χ0) is 51.4. The van der Waals surface area contributed by atoms with Gasteiger partial charge in [0.2, 0.25) is 0 Å². The largest absolute Gasteiger partial charge is 0.462 e. The molecule has 0 saturated heterocycles. The van der Waals surface area contributed by atoms with Crippen molar-refractivity contribution in [3.05, 3.63) is 60.8 Å². The fourth-order valence-electron chi connectivity index (χ4n) is 8.83. The third-order valence-electron chi connectivity index (χ3n) is 13.5. The van der Waals surface area contributed by atoms with Gasteiger partial charge in [0.25, 0.3) is 0 Å². The minimum Gasteiger partial charge on any atom is -0.462 e. The number of carbonyl (C=O) groups excluding carboxylic acids is 3. The molecule has 0 amide bonds. The molecule has 1 atom stereocenters. The highest BCUT2D eigenvalue weighted by atomic mass is 16.6. The molecule has 0 aromatic carbocycles. The molecular weight excluding hydrogens is 877 g/mol. The van der Waals surface area contributed by atoms with Crippen LogP contribution in [0.5, 0.6) is 0 Å². The summed E-state index contributed by atoms with van der Waals surface area (Å²) in [7, 11) is 0. The van der Waals surface area contributed by atoms with E-state index in [1.807, 2.05) is 0 Å². The minimum absolute atomic E-state index is 0.0753. The Hall–Kier alpha value is -2.89. The Bertz CT molecular complexity index is 1280. The third-order valence-corrected chi connectivity index (χ3v) is 13.5. The van der Waals surface area contributed by atoms with Crippen LogP contribution in [0.3, 0.4) is 0 Å². The van der Waals surface area contributed by atoms with Gasteiger partial charge >= 0.3 is 17.9 Å². The van der Waals surface area contributed by atoms with Gasteiger partial charge in [0, 0.05) is 19.3 Å². The second kappa shape index (κ2) is 59.7. The lowest BCUT2D eigenvalue weighted by Crippen LogP contribution is -2.30. The minimum atomic E-state index is -0.773. The highest BCUT2D eigenvalue weighted by Crippen LogP contribution is 2.16. The van der Waals surface area contributed by atoms with Crippen molar-refractivity contribution in [1.82, 2.24) is 0 Å². The summed E-state index contributed by atoms with van der Waals surface area (Å²) in [4.78, 5) is 37.8. The lowest BCUT2D eigenvalue weighted by molar-refractivity contribution is -0.167. The molecule has 412 valence electrons. The number of carbonyl (C=O) groups is 3. The maximum atomic E-state index is 12.8. The van der Waals surface area contributed by atoms with E-state index in [0.29, 0.717) is 19.3 Å². The van der Waals surface area contributed by atoms with Gasteiger partial charge in [0.1, 0.15) is 13.2 Å². The highest BCUT2D eigenvalue weighted by molar-refractivity contribution is 5.71. The Balaban J connectivity index is 3.97. The van der Waals surface area contributed by atoms with Gasteiger partial charge in [-0.3, -0.25) is 14.4 Å². The van der Waals surface area contributed by atoms with Crippen LogP contribution in [-0.4, -0.2) is 37.2 Å². The topological polar surface area (TPSA) is 78.9 Å². The normalized spacial score (nSPS) is 12.4. The van der Waals surface area contributed by atoms with Crippen molar-refractivity contribution in [2.75, 3.05) is 13.2 Å². The summed E-state index contributed by atoms with van der Waals surface area (Å²) in [5, 5.41) is 0. The van der Waals surface area contributed by atoms with E-state index in [2.05, 4.69) is 81.5 Å². The van der Waals surface area contributed by atoms with Crippen molar-refractivity contribution in [2.24, 2.45) is 0 Å². The van der Waals surface area contributed by atoms with Crippen LogP contribution in [0.2, 0.25) is 0 Å². The lowest BCUT2D eigenvalue weighted by Gasteiger charge is -2.18. The van der Waals surface area contributed by atoms with Crippen molar-refractivity contribution in [3.8, 4) is 0 Å². The Kier molecular flexibility index (Phi) is 57.2. The predicted octanol–water partition coefficient (Wildman–Crippen LogP) is 20.8. The molecule has 0 fully saturated rings. The van der Waals surface area contributed by atoms with E-state index in [-0.39, 0.29) is 31.1 Å². The van der Waals surface area contributed by atoms with Gasteiger partial charge in [-0.1, -0.05) is 268 Å². The molecule has 0 aliphatic carbocycles. The summed E-state index contributed by atoms with van der Waals surface area (Å²) >= 11 is 0. The molecule has 0 radical (unpaired) electrons. The first-order chi connectivity index (χ1) is 35.0. The molecule has 0 aliphatic rings. The summed E-state index contributed by atoms with van der Waals surface area (Å²) in [6.45, 7) is 6.54. The fourth-order valence-corrected chi connectivity index (χ4v) is 8.83. The van der Waals surface area contributed by atoms with Gasteiger partial charge in [-0.2, -0.15) is 0 Å². The van der Waals surface area contributed by atoms with Crippen LogP contribution in [0, 0.1) is 0 Å². The van der Waals surface area contributed by atoms with Crippen LogP contribution < -0.4 is 0 Å². The van der Waals surface area contributed by atoms with Crippen LogP contribution in [-0.2, 0) is 28.6 Å². The maximum Gasteiger partial charge on any atom is 0.306 e. The van der Waals surface area contributed by atoms with Gasteiger partial charge in [-0.05, 0) is 89.9 Å². The molecule has 0 rings (SSSR count). The second-order valence-corrected chi connectivity index (χ2v) is 20.6. The highest BCUT2D eigenvalue weighted by Gasteiger charge is 2.19. The molecule has 6 nitrogen and oxygen atoms in total. The Labute approximate surface area is 440 Å². The molecule has 0 saturated carbocycles. The molecule has 0 aliphatic heterocycles. The number of unbranched alkanes of at least 4 members (excludes halogenated alkanes) is 35. The number of ether oxygens (including phenoxy) is 3. The van der Waals surface area contributed by atoms with E-state index in [9.17, 15) is 14.4 Å². The van der Waals surface area contributed by atoms with Gasteiger partial charge < -0.3 is 14.2 Å². The van der Waals surface area contributed by atoms with Crippen LogP contribution >= 0.6 is 0 Å². The van der Waals surface area contributed by atoms with Crippen LogP contribution in [0.15, 0.2) is 60.8 Å². The molecule has 0 aromatic rings. The molecule has 0 spiro atoms. The average Bonchev–Trinajstić information content (AvgIpc) is 3.37. The molecule has 71 heavy (non-hydrogen) atoms. The first kappa shape index (κ1) is 68.1. The summed E-state index contributed by atoms with van der Waals surface area (Å²) in [5.74, 6) is -0.886. The van der Waals surface area contributed by atoms with Crippen molar-refractivity contribution in [3.63, 3.8) is 0 Å². The number of hydrogen-bond acceptors (Lipinski definition) is 6. The second-order valence-electron chi connectivity index (χ2n) is 20.6. The average molecular weight is 994 g/mol. The first-order valence-electron chi connectivity index (χ1n) is 30.8. The van der Waals surface area contributed by atoms with Crippen molar-refractivity contribution < 1.29 is 28.6 Å². The number of hydrogen-bond donors (Lipinski definition) is 0. The smallest absolute Gasteiger partial charge is 0.306 e. The number of rotatable bonds is 56. The van der Waals surface area contributed by atoms with Gasteiger partial charge in [0.05, 0.1) is 0 Å².